The van der Waals surface area contributed by atoms with Gasteiger partial charge in [-0.15, -0.1) is 0 Å². The fraction of sp³-hybridized carbons (Fsp3) is 0.263. The first-order chi connectivity index (χ1) is 12.1. The third-order valence-corrected chi connectivity index (χ3v) is 4.01. The van der Waals surface area contributed by atoms with Gasteiger partial charge in [-0.1, -0.05) is 6.07 Å². The molecule has 2 aromatic carbocycles. The average molecular weight is 358 g/mol. The molecule has 0 saturated heterocycles. The summed E-state index contributed by atoms with van der Waals surface area (Å²) in [5.74, 6) is 1.06. The molecular weight excluding hydrogens is 336 g/mol. The van der Waals surface area contributed by atoms with Gasteiger partial charge in [0.05, 0.1) is 7.11 Å². The van der Waals surface area contributed by atoms with Crippen LogP contribution in [0.3, 0.4) is 0 Å². The Kier molecular flexibility index (Phi) is 6.77. The lowest BCUT2D eigenvalue weighted by Crippen LogP contribution is -2.32. The van der Waals surface area contributed by atoms with Crippen molar-refractivity contribution in [2.45, 2.75) is 13.8 Å². The van der Waals surface area contributed by atoms with E-state index in [0.717, 1.165) is 18.8 Å². The maximum atomic E-state index is 12.4. The van der Waals surface area contributed by atoms with Crippen molar-refractivity contribution in [2.75, 3.05) is 25.5 Å². The van der Waals surface area contributed by atoms with Gasteiger partial charge < -0.3 is 19.7 Å². The number of methoxy groups -OCH3 is 1. The Bertz CT molecular complexity index is 728. The van der Waals surface area contributed by atoms with Crippen LogP contribution in [0, 0.1) is 0 Å². The van der Waals surface area contributed by atoms with Crippen LogP contribution in [0.25, 0.3) is 0 Å². The third kappa shape index (κ3) is 5.19. The Labute approximate surface area is 153 Å². The number of rotatable bonds is 6. The first-order valence-electron chi connectivity index (χ1n) is 8.09. The van der Waals surface area contributed by atoms with Crippen molar-refractivity contribution in [1.29, 1.82) is 0 Å². The van der Waals surface area contributed by atoms with Crippen LogP contribution in [0.15, 0.2) is 48.5 Å². The van der Waals surface area contributed by atoms with E-state index >= 15 is 0 Å². The summed E-state index contributed by atoms with van der Waals surface area (Å²) in [6.45, 7) is 5.57. The highest BCUT2D eigenvalue weighted by molar-refractivity contribution is 7.80. The van der Waals surface area contributed by atoms with Crippen LogP contribution in [-0.4, -0.2) is 36.2 Å². The van der Waals surface area contributed by atoms with Gasteiger partial charge in [0, 0.05) is 24.3 Å². The number of nitrogens with zero attached hydrogens (tertiary/aromatic N) is 1. The van der Waals surface area contributed by atoms with Crippen LogP contribution in [0.2, 0.25) is 0 Å². The van der Waals surface area contributed by atoms with Crippen LogP contribution in [0.4, 0.5) is 5.69 Å². The van der Waals surface area contributed by atoms with Crippen LogP contribution >= 0.6 is 12.2 Å². The number of benzene rings is 2. The quantitative estimate of drug-likeness (QED) is 0.793. The number of carbonyl (C=O) groups excluding carboxylic acids is 1. The zero-order chi connectivity index (χ0) is 18.2. The van der Waals surface area contributed by atoms with E-state index in [4.69, 9.17) is 21.7 Å². The summed E-state index contributed by atoms with van der Waals surface area (Å²) in [5.41, 5.74) is 1.19. The van der Waals surface area contributed by atoms with Crippen molar-refractivity contribution in [3.8, 4) is 11.5 Å². The summed E-state index contributed by atoms with van der Waals surface area (Å²) in [5, 5.41) is 3.24. The molecule has 25 heavy (non-hydrogen) atoms. The number of anilines is 1. The fourth-order valence-corrected chi connectivity index (χ4v) is 2.58. The lowest BCUT2D eigenvalue weighted by atomic mass is 10.2. The fourth-order valence-electron chi connectivity index (χ4n) is 2.23. The molecule has 0 fully saturated rings. The standard InChI is InChI=1S/C19H22N2O3S/c1-4-21(5-2)19(25)24-17-8-6-7-14(13-17)18(22)20-15-9-11-16(23-3)12-10-15/h6-13H,4-5H2,1-3H3,(H,20,22). The third-order valence-electron chi connectivity index (χ3n) is 3.67. The predicted octanol–water partition coefficient (Wildman–Crippen LogP) is 3.95. The zero-order valence-electron chi connectivity index (χ0n) is 14.6. The number of hydrogen-bond acceptors (Lipinski definition) is 4. The first-order valence-corrected chi connectivity index (χ1v) is 8.50. The highest BCUT2D eigenvalue weighted by Crippen LogP contribution is 2.18. The Morgan fingerprint density at radius 2 is 1.76 bits per heavy atom. The highest BCUT2D eigenvalue weighted by atomic mass is 32.1. The largest absolute Gasteiger partial charge is 0.497 e. The van der Waals surface area contributed by atoms with Gasteiger partial charge in [0.1, 0.15) is 11.5 Å². The SMILES string of the molecule is CCN(CC)C(=S)Oc1cccc(C(=O)Nc2ccc(OC)cc2)c1. The molecule has 0 aliphatic carbocycles. The van der Waals surface area contributed by atoms with E-state index in [9.17, 15) is 4.79 Å². The molecule has 1 N–H and O–H groups in total. The molecule has 0 radical (unpaired) electrons. The molecule has 0 unspecified atom stereocenters. The van der Waals surface area contributed by atoms with Gasteiger partial charge in [-0.3, -0.25) is 4.79 Å². The van der Waals surface area contributed by atoms with Crippen molar-refractivity contribution in [1.82, 2.24) is 4.90 Å². The summed E-state index contributed by atoms with van der Waals surface area (Å²) in [6.07, 6.45) is 0. The summed E-state index contributed by atoms with van der Waals surface area (Å²) in [6, 6.07) is 14.1. The smallest absolute Gasteiger partial charge is 0.264 e. The van der Waals surface area contributed by atoms with E-state index in [-0.39, 0.29) is 5.91 Å². The molecule has 0 aliphatic heterocycles. The lowest BCUT2D eigenvalue weighted by molar-refractivity contribution is 0.102. The molecule has 6 heteroatoms. The number of carbonyl (C=O) groups is 1. The molecule has 2 rings (SSSR count). The summed E-state index contributed by atoms with van der Waals surface area (Å²) >= 11 is 5.28. The van der Waals surface area contributed by atoms with Crippen LogP contribution in [-0.2, 0) is 0 Å². The van der Waals surface area contributed by atoms with Gasteiger partial charge in [0.15, 0.2) is 0 Å². The Morgan fingerprint density at radius 3 is 2.36 bits per heavy atom. The van der Waals surface area contributed by atoms with Gasteiger partial charge in [-0.25, -0.2) is 0 Å². The second-order valence-corrected chi connectivity index (χ2v) is 5.60. The Hall–Kier alpha value is -2.60. The number of thiocarbonyl (C=S) groups is 1. The summed E-state index contributed by atoms with van der Waals surface area (Å²) in [7, 11) is 1.60. The minimum atomic E-state index is -0.218. The molecular formula is C19H22N2O3S. The minimum absolute atomic E-state index is 0.218. The topological polar surface area (TPSA) is 50.8 Å². The molecule has 0 aliphatic rings. The number of nitrogens with one attached hydrogen (secondary N) is 1. The van der Waals surface area contributed by atoms with Gasteiger partial charge >= 0.3 is 0 Å². The van der Waals surface area contributed by atoms with E-state index < -0.39 is 0 Å². The van der Waals surface area contributed by atoms with Crippen molar-refractivity contribution < 1.29 is 14.3 Å². The molecule has 2 aromatic rings. The normalized spacial score (nSPS) is 10.0. The van der Waals surface area contributed by atoms with E-state index in [2.05, 4.69) is 5.32 Å². The van der Waals surface area contributed by atoms with E-state index in [1.165, 1.54) is 0 Å². The number of amides is 1. The van der Waals surface area contributed by atoms with Crippen LogP contribution in [0.1, 0.15) is 24.2 Å². The maximum Gasteiger partial charge on any atom is 0.264 e. The molecule has 1 amide bonds. The molecule has 132 valence electrons. The second kappa shape index (κ2) is 9.03. The monoisotopic (exact) mass is 358 g/mol. The van der Waals surface area contributed by atoms with E-state index in [0.29, 0.717) is 22.2 Å². The van der Waals surface area contributed by atoms with Gasteiger partial charge in [0.25, 0.3) is 11.1 Å². The summed E-state index contributed by atoms with van der Waals surface area (Å²) < 4.78 is 10.8. The Balaban J connectivity index is 2.06. The van der Waals surface area contributed by atoms with Gasteiger partial charge in [-0.2, -0.15) is 0 Å². The van der Waals surface area contributed by atoms with Gasteiger partial charge in [-0.05, 0) is 68.5 Å². The first kappa shape index (κ1) is 18.7. The van der Waals surface area contributed by atoms with Crippen molar-refractivity contribution in [3.05, 3.63) is 54.1 Å². The second-order valence-electron chi connectivity index (χ2n) is 5.25. The van der Waals surface area contributed by atoms with E-state index in [1.807, 2.05) is 18.7 Å². The minimum Gasteiger partial charge on any atom is -0.497 e. The molecule has 0 atom stereocenters. The van der Waals surface area contributed by atoms with Gasteiger partial charge in [0.2, 0.25) is 0 Å². The Morgan fingerprint density at radius 1 is 1.08 bits per heavy atom. The highest BCUT2D eigenvalue weighted by Gasteiger charge is 2.11. The number of hydrogen-bond donors (Lipinski definition) is 1. The predicted molar refractivity (Wildman–Crippen MR) is 104 cm³/mol. The zero-order valence-corrected chi connectivity index (χ0v) is 15.4. The molecule has 0 bridgehead atoms. The molecule has 0 aromatic heterocycles. The molecule has 0 heterocycles. The lowest BCUT2D eigenvalue weighted by Gasteiger charge is -2.21. The summed E-state index contributed by atoms with van der Waals surface area (Å²) in [4.78, 5) is 14.3. The molecule has 5 nitrogen and oxygen atoms in total. The number of ether oxygens (including phenoxy) is 2. The maximum absolute atomic E-state index is 12.4. The van der Waals surface area contributed by atoms with Crippen LogP contribution < -0.4 is 14.8 Å². The molecule has 0 saturated carbocycles. The van der Waals surface area contributed by atoms with E-state index in [1.54, 1.807) is 55.6 Å². The average Bonchev–Trinajstić information content (AvgIpc) is 2.63. The van der Waals surface area contributed by atoms with Crippen molar-refractivity contribution in [3.63, 3.8) is 0 Å². The van der Waals surface area contributed by atoms with Crippen molar-refractivity contribution in [2.24, 2.45) is 0 Å². The molecule has 0 spiro atoms. The van der Waals surface area contributed by atoms with Crippen molar-refractivity contribution >= 4 is 29.0 Å². The van der Waals surface area contributed by atoms with Crippen LogP contribution in [0.5, 0.6) is 11.5 Å².